The van der Waals surface area contributed by atoms with Gasteiger partial charge in [-0.25, -0.2) is 0 Å². The van der Waals surface area contributed by atoms with Crippen molar-refractivity contribution in [2.45, 2.75) is 176 Å². The molecule has 8 fully saturated rings. The fourth-order valence-corrected chi connectivity index (χ4v) is 16.6. The first-order valence-corrected chi connectivity index (χ1v) is 40.5. The van der Waals surface area contributed by atoms with Crippen molar-refractivity contribution in [1.82, 2.24) is 20.0 Å². The Morgan fingerprint density at radius 2 is 0.883 bits per heavy atom. The van der Waals surface area contributed by atoms with Crippen LogP contribution in [0, 0.1) is 23.7 Å². The predicted molar refractivity (Wildman–Crippen MR) is 419 cm³/mol. The number of nitrogens with one attached hydrogen (secondary N) is 1. The summed E-state index contributed by atoms with van der Waals surface area (Å²) < 4.78 is 89.5. The van der Waals surface area contributed by atoms with E-state index in [1.165, 1.54) is 37.0 Å². The number of carbonyl (C=O) groups excluding carboxylic acids is 4. The number of ether oxygens (including phenoxy) is 3. The van der Waals surface area contributed by atoms with Gasteiger partial charge in [-0.2, -0.15) is 26.3 Å². The summed E-state index contributed by atoms with van der Waals surface area (Å²) in [5.41, 5.74) is 1.80. The number of aliphatic hydroxyl groups excluding tert-OH is 1. The summed E-state index contributed by atoms with van der Waals surface area (Å²) in [5, 5.41) is 33.2. The maximum Gasteiger partial charge on any atom is 0.416 e. The number of phenolic OH excluding ortho intramolecular Hbond substituents is 1. The highest BCUT2D eigenvalue weighted by Gasteiger charge is 2.51. The van der Waals surface area contributed by atoms with Gasteiger partial charge in [0.25, 0.3) is 0 Å². The van der Waals surface area contributed by atoms with E-state index < -0.39 is 40.3 Å². The van der Waals surface area contributed by atoms with Crippen LogP contribution in [0.25, 0.3) is 0 Å². The number of carbonyl (C=O) groups is 5. The number of alkyl halides is 6. The van der Waals surface area contributed by atoms with Gasteiger partial charge >= 0.3 is 30.3 Å². The molecule has 0 bridgehead atoms. The van der Waals surface area contributed by atoms with E-state index in [0.29, 0.717) is 59.6 Å². The van der Waals surface area contributed by atoms with Crippen molar-refractivity contribution in [2.75, 3.05) is 85.3 Å². The summed E-state index contributed by atoms with van der Waals surface area (Å²) >= 11 is 23.8. The third-order valence-electron chi connectivity index (χ3n) is 23.1. The monoisotopic (exact) mass is 1620 g/mol. The van der Waals surface area contributed by atoms with Crippen LogP contribution < -0.4 is 10.1 Å². The molecule has 25 heteroatoms. The van der Waals surface area contributed by atoms with Gasteiger partial charge < -0.3 is 49.5 Å². The molecule has 15 nitrogen and oxygen atoms in total. The van der Waals surface area contributed by atoms with Crippen molar-refractivity contribution in [1.29, 1.82) is 0 Å². The quantitative estimate of drug-likeness (QED) is 0.0498. The minimum atomic E-state index is -4.33. The van der Waals surface area contributed by atoms with Crippen LogP contribution in [-0.2, 0) is 67.5 Å². The van der Waals surface area contributed by atoms with Gasteiger partial charge in [-0.1, -0.05) is 121 Å². The third kappa shape index (κ3) is 23.5. The molecule has 0 aromatic heterocycles. The Hall–Kier alpha value is -7.11. The second-order valence-corrected chi connectivity index (χ2v) is 32.2. The molecule has 0 radical (unpaired) electrons. The first-order chi connectivity index (χ1) is 53.0. The van der Waals surface area contributed by atoms with E-state index in [9.17, 15) is 60.5 Å². The molecule has 4 N–H and O–H groups in total. The minimum absolute atomic E-state index is 0.0419. The second kappa shape index (κ2) is 40.8. The van der Waals surface area contributed by atoms with Crippen molar-refractivity contribution in [2.24, 2.45) is 23.7 Å². The summed E-state index contributed by atoms with van der Waals surface area (Å²) in [7, 11) is 0. The van der Waals surface area contributed by atoms with Crippen molar-refractivity contribution in [3.8, 4) is 11.5 Å². The van der Waals surface area contributed by atoms with Crippen LogP contribution in [0.4, 0.5) is 26.3 Å². The van der Waals surface area contributed by atoms with Gasteiger partial charge in [0.15, 0.2) is 0 Å². The largest absolute Gasteiger partial charge is 0.508 e. The normalized spacial score (nSPS) is 21.3. The van der Waals surface area contributed by atoms with Crippen LogP contribution in [-0.4, -0.2) is 145 Å². The number of halogens is 10. The number of hydrogen-bond donors (Lipinski definition) is 4. The molecule has 2 amide bonds. The highest BCUT2D eigenvalue weighted by molar-refractivity contribution is 6.31. The number of nitrogens with zero attached hydrogens (tertiary/aromatic N) is 3. The maximum atomic E-state index is 13.3. The van der Waals surface area contributed by atoms with Crippen molar-refractivity contribution < 1.29 is 79.8 Å². The van der Waals surface area contributed by atoms with E-state index in [1.807, 2.05) is 96.4 Å². The van der Waals surface area contributed by atoms with Crippen LogP contribution in [0.1, 0.15) is 176 Å². The molecule has 6 aromatic carbocycles. The maximum absolute atomic E-state index is 13.3. The fraction of sp³-hybridized carbons (Fsp3) is 0.523. The summed E-state index contributed by atoms with van der Waals surface area (Å²) in [5.74, 6) is 0.339. The number of carboxylic acid groups (broad SMARTS) is 1. The van der Waals surface area contributed by atoms with Crippen LogP contribution in [0.2, 0.25) is 20.1 Å². The molecule has 4 aliphatic heterocycles. The van der Waals surface area contributed by atoms with Crippen LogP contribution in [0.15, 0.2) is 146 Å². The van der Waals surface area contributed by atoms with Crippen molar-refractivity contribution in [3.63, 3.8) is 0 Å². The molecular weight excluding hydrogens is 1520 g/mol. The Morgan fingerprint density at radius 3 is 1.29 bits per heavy atom. The van der Waals surface area contributed by atoms with E-state index in [1.54, 1.807) is 12.1 Å². The van der Waals surface area contributed by atoms with Crippen molar-refractivity contribution in [3.05, 3.63) is 199 Å². The molecule has 4 heterocycles. The minimum Gasteiger partial charge on any atom is -0.508 e. The molecule has 4 aliphatic carbocycles. The Bertz CT molecular complexity index is 3930. The van der Waals surface area contributed by atoms with Crippen LogP contribution >= 0.6 is 46.4 Å². The Kier molecular flexibility index (Phi) is 32.3. The van der Waals surface area contributed by atoms with Crippen molar-refractivity contribution >= 4 is 76.1 Å². The van der Waals surface area contributed by atoms with E-state index in [4.69, 9.17) is 65.7 Å². The molecule has 14 rings (SSSR count). The zero-order valence-electron chi connectivity index (χ0n) is 63.2. The predicted octanol–water partition coefficient (Wildman–Crippen LogP) is 18.9. The number of aliphatic carboxylic acids is 1. The molecule has 604 valence electrons. The van der Waals surface area contributed by atoms with Gasteiger partial charge in [0, 0.05) is 83.8 Å². The first kappa shape index (κ1) is 87.8. The standard InChI is InChI=1S/C24H27ClF3NO.C19H24ClNO3.C17H22ClNO2.C11H11ClO2.C8H15NO2.C7H5F3O/c25-21-8-4-19(5-9-21)23(12-2-13-23)17-29-14-1-3-18(15-29)16-30-22-10-6-20(7-11-22)24(26,27)28;1-2-24-17(22)14-5-3-12-21(13-14)18(23)19(10-4-11-19)15-6-8-16(20)9-7-15;18-15-6-4-14(5-7-15)17(8-2-9-17)16(21)19-10-1-3-13(11-19)12-20;12-9-4-2-8(3-5-9)11(10(13)14)6-1-7-11;1-2-11-8(10)7-4-3-5-9-6-7;8-7(9,10)5-1-3-6(11)4-2-5/h4-11,18H,1-3,12-17H2;6-9,14H,2-5,10-13H2,1H3;4-7,13,20H,1-3,8-12H2;2-5H,1,6-7H2,(H,13,14);7,9H,2-6H2,1H3;1-4,11H/t18-;14-;13-;;7-;/m000.0./s1. The number of carboxylic acids is 1. The molecule has 0 spiro atoms. The summed E-state index contributed by atoms with van der Waals surface area (Å²) in [4.78, 5) is 67.0. The topological polar surface area (TPSA) is 195 Å². The van der Waals surface area contributed by atoms with Crippen LogP contribution in [0.3, 0.4) is 0 Å². The molecule has 8 aliphatic rings. The zero-order chi connectivity index (χ0) is 80.0. The van der Waals surface area contributed by atoms with Gasteiger partial charge in [0.1, 0.15) is 11.5 Å². The lowest BCUT2D eigenvalue weighted by atomic mass is 9.63. The molecule has 6 aromatic rings. The molecular formula is C86H104Cl4F6N4O11. The number of amides is 2. The molecule has 111 heavy (non-hydrogen) atoms. The van der Waals surface area contributed by atoms with E-state index in [0.717, 1.165) is 213 Å². The summed E-state index contributed by atoms with van der Waals surface area (Å²) in [6.07, 6.45) is 11.2. The number of phenols is 1. The Labute approximate surface area is 668 Å². The smallest absolute Gasteiger partial charge is 0.416 e. The van der Waals surface area contributed by atoms with Gasteiger partial charge in [0.05, 0.1) is 59.0 Å². The van der Waals surface area contributed by atoms with Gasteiger partial charge in [-0.3, -0.25) is 24.0 Å². The number of rotatable bonds is 17. The molecule has 4 saturated heterocycles. The average Bonchev–Trinajstić information content (AvgIpc) is 0.759. The van der Waals surface area contributed by atoms with Gasteiger partial charge in [0.2, 0.25) is 11.8 Å². The SMILES string of the molecule is CCOC(=O)[C@H]1CCCN(C(=O)C2(c3ccc(Cl)cc3)CCC2)C1.CCOC(=O)[C@H]1CCCNC1.FC(F)(F)c1ccc(OC[C@H]2CCCN(CC3(c4ccc(Cl)cc4)CCC3)C2)cc1.O=C(N1CCC[C@H](CO)C1)C1(c2ccc(Cl)cc2)CCC1.O=C(O)C1(c2ccc(Cl)cc2)CCC1.Oc1ccc(C(F)(F)F)cc1. The number of likely N-dealkylation sites (tertiary alicyclic amines) is 3. The molecule has 4 atom stereocenters. The Balaban J connectivity index is 0.000000159. The average molecular weight is 1630 g/mol. The van der Waals surface area contributed by atoms with E-state index in [-0.39, 0.29) is 64.7 Å². The van der Waals surface area contributed by atoms with Gasteiger partial charge in [-0.05, 0) is 255 Å². The number of esters is 2. The summed E-state index contributed by atoms with van der Waals surface area (Å²) in [6, 6.07) is 39.4. The number of benzene rings is 6. The molecule has 4 saturated carbocycles. The van der Waals surface area contributed by atoms with E-state index in [2.05, 4.69) is 22.3 Å². The number of aliphatic hydroxyl groups is 1. The van der Waals surface area contributed by atoms with Gasteiger partial charge in [-0.15, -0.1) is 0 Å². The number of aromatic hydroxyl groups is 1. The third-order valence-corrected chi connectivity index (χ3v) is 24.1. The zero-order valence-corrected chi connectivity index (χ0v) is 66.3. The highest BCUT2D eigenvalue weighted by atomic mass is 35.5. The Morgan fingerprint density at radius 1 is 0.477 bits per heavy atom. The van der Waals surface area contributed by atoms with Crippen LogP contribution in [0.5, 0.6) is 11.5 Å². The second-order valence-electron chi connectivity index (χ2n) is 30.5. The fourth-order valence-electron chi connectivity index (χ4n) is 16.1. The lowest BCUT2D eigenvalue weighted by Crippen LogP contribution is -2.54. The lowest BCUT2D eigenvalue weighted by molar-refractivity contribution is -0.153. The highest BCUT2D eigenvalue weighted by Crippen LogP contribution is 2.49. The molecule has 0 unspecified atom stereocenters. The lowest BCUT2D eigenvalue weighted by Gasteiger charge is -2.47. The number of piperidine rings is 4. The summed E-state index contributed by atoms with van der Waals surface area (Å²) in [6.45, 7) is 12.9. The van der Waals surface area contributed by atoms with E-state index >= 15 is 0 Å². The number of hydrogen-bond acceptors (Lipinski definition) is 12. The first-order valence-electron chi connectivity index (χ1n) is 39.0.